The fourth-order valence-corrected chi connectivity index (χ4v) is 4.15. The van der Waals surface area contributed by atoms with Gasteiger partial charge in [0.25, 0.3) is 0 Å². The number of fused-ring (bicyclic) bond motifs is 2. The number of rotatable bonds is 2. The van der Waals surface area contributed by atoms with Crippen molar-refractivity contribution in [2.45, 2.75) is 5.54 Å². The minimum Gasteiger partial charge on any atom is -0.319 e. The summed E-state index contributed by atoms with van der Waals surface area (Å²) in [6.45, 7) is 1.65. The van der Waals surface area contributed by atoms with E-state index >= 15 is 0 Å². The molecule has 3 heteroatoms. The number of nitrogens with one attached hydrogen (secondary N) is 1. The van der Waals surface area contributed by atoms with Crippen molar-refractivity contribution in [1.82, 2.24) is 5.32 Å². The summed E-state index contributed by atoms with van der Waals surface area (Å²) in [6.07, 6.45) is 0. The van der Waals surface area contributed by atoms with Gasteiger partial charge >= 0.3 is 0 Å². The van der Waals surface area contributed by atoms with E-state index in [9.17, 15) is 0 Å². The second-order valence-electron chi connectivity index (χ2n) is 6.97. The number of benzene rings is 4. The van der Waals surface area contributed by atoms with Gasteiger partial charge in [-0.15, -0.1) is 12.4 Å². The minimum absolute atomic E-state index is 0. The zero-order valence-electron chi connectivity index (χ0n) is 14.4. The Balaban J connectivity index is 0.00000168. The van der Waals surface area contributed by atoms with Gasteiger partial charge in [-0.25, -0.2) is 0 Å². The first kappa shape index (κ1) is 17.0. The van der Waals surface area contributed by atoms with E-state index in [1.54, 1.807) is 0 Å². The number of hydrogen-bond donors (Lipinski definition) is 2. The molecule has 0 amide bonds. The van der Waals surface area contributed by atoms with Crippen LogP contribution in [0, 0.1) is 0 Å². The second kappa shape index (κ2) is 6.40. The summed E-state index contributed by atoms with van der Waals surface area (Å²) in [4.78, 5) is 0. The fraction of sp³-hybridized carbons (Fsp3) is 0.130. The van der Waals surface area contributed by atoms with E-state index in [0.717, 1.165) is 13.1 Å². The van der Waals surface area contributed by atoms with Gasteiger partial charge < -0.3 is 11.1 Å². The zero-order valence-corrected chi connectivity index (χ0v) is 15.2. The summed E-state index contributed by atoms with van der Waals surface area (Å²) in [5, 5.41) is 8.44. The maximum absolute atomic E-state index is 6.78. The van der Waals surface area contributed by atoms with Gasteiger partial charge in [0.05, 0.1) is 5.54 Å². The van der Waals surface area contributed by atoms with Crippen LogP contribution in [0.2, 0.25) is 0 Å². The van der Waals surface area contributed by atoms with Gasteiger partial charge in [-0.2, -0.15) is 0 Å². The van der Waals surface area contributed by atoms with Crippen LogP contribution in [0.5, 0.6) is 0 Å². The van der Waals surface area contributed by atoms with Gasteiger partial charge in [0, 0.05) is 13.1 Å². The van der Waals surface area contributed by atoms with Gasteiger partial charge in [-0.05, 0) is 38.2 Å². The molecule has 1 aliphatic rings. The molecule has 130 valence electrons. The van der Waals surface area contributed by atoms with Crippen LogP contribution in [-0.4, -0.2) is 13.1 Å². The van der Waals surface area contributed by atoms with E-state index in [-0.39, 0.29) is 17.9 Å². The van der Waals surface area contributed by atoms with Crippen LogP contribution < -0.4 is 11.1 Å². The van der Waals surface area contributed by atoms with E-state index in [4.69, 9.17) is 5.73 Å². The van der Waals surface area contributed by atoms with E-state index in [0.29, 0.717) is 0 Å². The van der Waals surface area contributed by atoms with Gasteiger partial charge in [0.1, 0.15) is 0 Å². The van der Waals surface area contributed by atoms with Crippen LogP contribution in [-0.2, 0) is 5.54 Å². The Morgan fingerprint density at radius 1 is 0.654 bits per heavy atom. The zero-order chi connectivity index (χ0) is 16.9. The van der Waals surface area contributed by atoms with Crippen molar-refractivity contribution in [3.8, 4) is 11.1 Å². The molecule has 1 saturated heterocycles. The average Bonchev–Trinajstić information content (AvgIpc) is 2.65. The van der Waals surface area contributed by atoms with Crippen molar-refractivity contribution in [2.24, 2.45) is 5.73 Å². The van der Waals surface area contributed by atoms with Crippen molar-refractivity contribution < 1.29 is 0 Å². The number of nitrogens with two attached hydrogens (primary N) is 1. The highest BCUT2D eigenvalue weighted by atomic mass is 35.5. The lowest BCUT2D eigenvalue weighted by Crippen LogP contribution is -2.62. The molecule has 0 aromatic heterocycles. The molecule has 4 aromatic rings. The molecule has 1 fully saturated rings. The van der Waals surface area contributed by atoms with Crippen LogP contribution in [0.15, 0.2) is 78.9 Å². The van der Waals surface area contributed by atoms with Crippen molar-refractivity contribution in [1.29, 1.82) is 0 Å². The molecule has 2 nitrogen and oxygen atoms in total. The largest absolute Gasteiger partial charge is 0.319 e. The van der Waals surface area contributed by atoms with E-state index in [2.05, 4.69) is 84.2 Å². The lowest BCUT2D eigenvalue weighted by atomic mass is 9.77. The quantitative estimate of drug-likeness (QED) is 0.502. The summed E-state index contributed by atoms with van der Waals surface area (Å²) < 4.78 is 0. The third-order valence-corrected chi connectivity index (χ3v) is 5.37. The Morgan fingerprint density at radius 3 is 1.58 bits per heavy atom. The predicted molar refractivity (Wildman–Crippen MR) is 113 cm³/mol. The van der Waals surface area contributed by atoms with Gasteiger partial charge in [0.15, 0.2) is 0 Å². The molecule has 0 aliphatic carbocycles. The standard InChI is InChI=1S/C23H20N2.ClH/c24-23(14-25-15-23)22-19-12-6-4-10-17(19)21(16-8-2-1-3-9-16)18-11-5-7-13-20(18)22;/h1-13,25H,14-15,24H2;1H. The van der Waals surface area contributed by atoms with Gasteiger partial charge in [-0.3, -0.25) is 0 Å². The first-order valence-electron chi connectivity index (χ1n) is 8.77. The topological polar surface area (TPSA) is 38.0 Å². The molecular formula is C23H21ClN2. The van der Waals surface area contributed by atoms with Gasteiger partial charge in [0.2, 0.25) is 0 Å². The van der Waals surface area contributed by atoms with Crippen LogP contribution in [0.25, 0.3) is 32.7 Å². The van der Waals surface area contributed by atoms with E-state index in [1.807, 2.05) is 0 Å². The van der Waals surface area contributed by atoms with Gasteiger partial charge in [-0.1, -0.05) is 78.9 Å². The average molecular weight is 361 g/mol. The minimum atomic E-state index is -0.297. The molecule has 1 heterocycles. The van der Waals surface area contributed by atoms with Crippen LogP contribution in [0.4, 0.5) is 0 Å². The van der Waals surface area contributed by atoms with E-state index in [1.165, 1.54) is 38.2 Å². The Hall–Kier alpha value is -2.39. The third kappa shape index (κ3) is 2.42. The molecule has 0 unspecified atom stereocenters. The second-order valence-corrected chi connectivity index (χ2v) is 6.97. The van der Waals surface area contributed by atoms with Crippen LogP contribution in [0.1, 0.15) is 5.56 Å². The van der Waals surface area contributed by atoms with Crippen LogP contribution >= 0.6 is 12.4 Å². The Bertz CT molecular complexity index is 1030. The lowest BCUT2D eigenvalue weighted by molar-refractivity contribution is 0.292. The maximum Gasteiger partial charge on any atom is 0.0674 e. The first-order valence-corrected chi connectivity index (χ1v) is 8.77. The number of halogens is 1. The van der Waals surface area contributed by atoms with Crippen LogP contribution in [0.3, 0.4) is 0 Å². The lowest BCUT2D eigenvalue weighted by Gasteiger charge is -2.41. The first-order chi connectivity index (χ1) is 12.3. The van der Waals surface area contributed by atoms with E-state index < -0.39 is 0 Å². The fourth-order valence-electron chi connectivity index (χ4n) is 4.15. The highest BCUT2D eigenvalue weighted by molar-refractivity contribution is 6.15. The summed E-state index contributed by atoms with van der Waals surface area (Å²) in [7, 11) is 0. The molecule has 4 aromatic carbocycles. The molecule has 0 atom stereocenters. The highest BCUT2D eigenvalue weighted by Crippen LogP contribution is 2.43. The molecule has 1 aliphatic heterocycles. The number of hydrogen-bond acceptors (Lipinski definition) is 2. The SMILES string of the molecule is Cl.NC1(c2c3ccccc3c(-c3ccccc3)c3ccccc23)CNC1. The molecular weight excluding hydrogens is 340 g/mol. The Morgan fingerprint density at radius 2 is 1.12 bits per heavy atom. The smallest absolute Gasteiger partial charge is 0.0674 e. The normalized spacial score (nSPS) is 15.4. The van der Waals surface area contributed by atoms with Crippen molar-refractivity contribution in [3.05, 3.63) is 84.4 Å². The molecule has 3 N–H and O–H groups in total. The third-order valence-electron chi connectivity index (χ3n) is 5.37. The summed E-state index contributed by atoms with van der Waals surface area (Å²) in [6, 6.07) is 28.0. The monoisotopic (exact) mass is 360 g/mol. The molecule has 0 saturated carbocycles. The molecule has 5 rings (SSSR count). The summed E-state index contributed by atoms with van der Waals surface area (Å²) >= 11 is 0. The summed E-state index contributed by atoms with van der Waals surface area (Å²) in [5.41, 5.74) is 10.3. The summed E-state index contributed by atoms with van der Waals surface area (Å²) in [5.74, 6) is 0. The molecule has 26 heavy (non-hydrogen) atoms. The molecule has 0 spiro atoms. The Labute approximate surface area is 159 Å². The van der Waals surface area contributed by atoms with Crippen molar-refractivity contribution in [3.63, 3.8) is 0 Å². The Kier molecular flexibility index (Phi) is 4.20. The molecule has 0 bridgehead atoms. The van der Waals surface area contributed by atoms with Crippen molar-refractivity contribution >= 4 is 34.0 Å². The highest BCUT2D eigenvalue weighted by Gasteiger charge is 2.37. The maximum atomic E-state index is 6.78. The predicted octanol–water partition coefficient (Wildman–Crippen LogP) is 4.84. The molecule has 0 radical (unpaired) electrons. The van der Waals surface area contributed by atoms with Crippen molar-refractivity contribution in [2.75, 3.05) is 13.1 Å².